The highest BCUT2D eigenvalue weighted by Crippen LogP contribution is 2.30. The zero-order valence-electron chi connectivity index (χ0n) is 28.6. The lowest BCUT2D eigenvalue weighted by Gasteiger charge is -2.20. The Hall–Kier alpha value is -3.65. The van der Waals surface area contributed by atoms with E-state index >= 15 is 0 Å². The Morgan fingerprint density at radius 3 is 1.05 bits per heavy atom. The van der Waals surface area contributed by atoms with Crippen LogP contribution in [0.5, 0.6) is 0 Å². The van der Waals surface area contributed by atoms with E-state index in [9.17, 15) is 0 Å². The molecule has 0 saturated heterocycles. The van der Waals surface area contributed by atoms with Crippen molar-refractivity contribution in [3.05, 3.63) is 114 Å². The molecule has 0 spiro atoms. The second-order valence-electron chi connectivity index (χ2n) is 16.0. The van der Waals surface area contributed by atoms with Crippen LogP contribution in [-0.4, -0.2) is 9.97 Å². The van der Waals surface area contributed by atoms with Gasteiger partial charge in [0.1, 0.15) is 5.82 Å². The van der Waals surface area contributed by atoms with Crippen molar-refractivity contribution in [2.75, 3.05) is 0 Å². The fourth-order valence-electron chi connectivity index (χ4n) is 5.03. The number of nitrogens with one attached hydrogen (secondary N) is 1. The Bertz CT molecular complexity index is 1580. The molecule has 1 heterocycles. The number of fused-ring (bicyclic) bond motifs is 1. The summed E-state index contributed by atoms with van der Waals surface area (Å²) >= 11 is 0. The first-order valence-corrected chi connectivity index (χ1v) is 15.6. The molecule has 1 aromatic heterocycles. The molecule has 0 aliphatic carbocycles. The Morgan fingerprint density at radius 2 is 0.721 bits per heavy atom. The fourth-order valence-corrected chi connectivity index (χ4v) is 5.03. The van der Waals surface area contributed by atoms with Crippen molar-refractivity contribution in [1.82, 2.24) is 9.97 Å². The van der Waals surface area contributed by atoms with Gasteiger partial charge in [-0.05, 0) is 67.3 Å². The highest BCUT2D eigenvalue weighted by atomic mass is 14.9. The van der Waals surface area contributed by atoms with E-state index in [4.69, 9.17) is 4.98 Å². The average Bonchev–Trinajstić information content (AvgIpc) is 3.37. The highest BCUT2D eigenvalue weighted by molar-refractivity contribution is 5.82. The molecular weight excluding hydrogens is 520 g/mol. The molecule has 0 unspecified atom stereocenters. The third-order valence-corrected chi connectivity index (χ3v) is 8.11. The zero-order valence-corrected chi connectivity index (χ0v) is 28.6. The molecule has 5 aromatic rings. The Balaban J connectivity index is 0.000000199. The van der Waals surface area contributed by atoms with Crippen LogP contribution in [0.4, 0.5) is 0 Å². The third kappa shape index (κ3) is 8.05. The molecule has 0 atom stereocenters. The van der Waals surface area contributed by atoms with E-state index in [1.165, 1.54) is 38.9 Å². The summed E-state index contributed by atoms with van der Waals surface area (Å²) in [5.74, 6) is 1.03. The van der Waals surface area contributed by atoms with E-state index in [1.54, 1.807) is 0 Å². The lowest BCUT2D eigenvalue weighted by Crippen LogP contribution is -2.12. The van der Waals surface area contributed by atoms with Gasteiger partial charge in [-0.25, -0.2) is 4.98 Å². The maximum atomic E-state index is 4.71. The van der Waals surface area contributed by atoms with Gasteiger partial charge in [-0.3, -0.25) is 0 Å². The number of aromatic nitrogens is 2. The van der Waals surface area contributed by atoms with Gasteiger partial charge >= 0.3 is 0 Å². The lowest BCUT2D eigenvalue weighted by molar-refractivity contribution is 0.554. The fraction of sp³-hybridized carbons (Fsp3) is 0.390. The molecule has 0 radical (unpaired) electrons. The van der Waals surface area contributed by atoms with Gasteiger partial charge in [-0.15, -0.1) is 0 Å². The molecule has 0 bridgehead atoms. The summed E-state index contributed by atoms with van der Waals surface area (Å²) in [7, 11) is 0. The Kier molecular flexibility index (Phi) is 8.85. The van der Waals surface area contributed by atoms with Crippen LogP contribution < -0.4 is 0 Å². The van der Waals surface area contributed by atoms with Gasteiger partial charge in [0.2, 0.25) is 0 Å². The molecule has 2 nitrogen and oxygen atoms in total. The van der Waals surface area contributed by atoms with Gasteiger partial charge in [0, 0.05) is 5.41 Å². The minimum atomic E-state index is 0.0353. The normalized spacial score (nSPS) is 12.7. The van der Waals surface area contributed by atoms with Gasteiger partial charge in [0.05, 0.1) is 11.0 Å². The summed E-state index contributed by atoms with van der Waals surface area (Å²) in [5.41, 5.74) is 12.0. The Morgan fingerprint density at radius 1 is 0.395 bits per heavy atom. The van der Waals surface area contributed by atoms with E-state index < -0.39 is 0 Å². The smallest absolute Gasteiger partial charge is 0.112 e. The molecule has 0 fully saturated rings. The summed E-state index contributed by atoms with van der Waals surface area (Å²) in [6, 6.07) is 33.2. The van der Waals surface area contributed by atoms with E-state index in [0.717, 1.165) is 16.9 Å². The SMILES string of the molecule is CC(C)(C)c1ccc(-c2ccc(C(C)(C)C)cc2)cc1.CC(C)(C)c1ccc(-c2ccc3nc(C(C)(C)C)[nH]c3c2)cc1. The first-order valence-electron chi connectivity index (χ1n) is 15.6. The Labute approximate surface area is 261 Å². The largest absolute Gasteiger partial charge is 0.342 e. The quantitative estimate of drug-likeness (QED) is 0.224. The molecule has 0 saturated carbocycles. The summed E-state index contributed by atoms with van der Waals surface area (Å²) in [6.45, 7) is 26.8. The first-order chi connectivity index (χ1) is 19.8. The molecule has 1 N–H and O–H groups in total. The standard InChI is InChI=1S/C21H26N2.C20H26/c1-20(2,3)16-10-7-14(8-11-16)15-9-12-17-18(13-15)23-19(22-17)21(4,5)6;1-19(2,3)17-11-7-15(8-12-17)16-9-13-18(14-10-16)20(4,5)6/h7-13H,1-6H3,(H,22,23);7-14H,1-6H3. The van der Waals surface area contributed by atoms with Crippen molar-refractivity contribution in [2.45, 2.75) is 105 Å². The minimum Gasteiger partial charge on any atom is -0.342 e. The molecule has 0 amide bonds. The number of hydrogen-bond donors (Lipinski definition) is 1. The molecule has 0 aliphatic heterocycles. The van der Waals surface area contributed by atoms with Gasteiger partial charge in [-0.1, -0.05) is 162 Å². The molecule has 0 aliphatic rings. The molecule has 226 valence electrons. The van der Waals surface area contributed by atoms with Crippen molar-refractivity contribution in [2.24, 2.45) is 0 Å². The molecule has 5 rings (SSSR count). The number of hydrogen-bond acceptors (Lipinski definition) is 1. The van der Waals surface area contributed by atoms with Crippen molar-refractivity contribution in [3.63, 3.8) is 0 Å². The van der Waals surface area contributed by atoms with Crippen LogP contribution in [0.2, 0.25) is 0 Å². The predicted octanol–water partition coefficient (Wildman–Crippen LogP) is 11.8. The first kappa shape index (κ1) is 32.3. The number of H-pyrrole nitrogens is 1. The minimum absolute atomic E-state index is 0.0353. The number of rotatable bonds is 2. The van der Waals surface area contributed by atoms with Crippen molar-refractivity contribution in [1.29, 1.82) is 0 Å². The maximum Gasteiger partial charge on any atom is 0.112 e. The van der Waals surface area contributed by atoms with E-state index in [2.05, 4.69) is 179 Å². The number of imidazole rings is 1. The second-order valence-corrected chi connectivity index (χ2v) is 16.0. The van der Waals surface area contributed by atoms with E-state index in [0.29, 0.717) is 0 Å². The van der Waals surface area contributed by atoms with Crippen LogP contribution in [0.1, 0.15) is 106 Å². The van der Waals surface area contributed by atoms with Gasteiger partial charge in [-0.2, -0.15) is 0 Å². The summed E-state index contributed by atoms with van der Waals surface area (Å²) in [4.78, 5) is 8.18. The number of aromatic amines is 1. The van der Waals surface area contributed by atoms with E-state index in [1.807, 2.05) is 0 Å². The lowest BCUT2D eigenvalue weighted by atomic mass is 9.85. The molecule has 4 aromatic carbocycles. The van der Waals surface area contributed by atoms with Gasteiger partial charge < -0.3 is 4.98 Å². The van der Waals surface area contributed by atoms with Crippen molar-refractivity contribution < 1.29 is 0 Å². The van der Waals surface area contributed by atoms with E-state index in [-0.39, 0.29) is 21.7 Å². The predicted molar refractivity (Wildman–Crippen MR) is 188 cm³/mol. The van der Waals surface area contributed by atoms with Gasteiger partial charge in [0.25, 0.3) is 0 Å². The van der Waals surface area contributed by atoms with Gasteiger partial charge in [0.15, 0.2) is 0 Å². The van der Waals surface area contributed by atoms with Crippen LogP contribution >= 0.6 is 0 Å². The molecular formula is C41H52N2. The topological polar surface area (TPSA) is 28.7 Å². The van der Waals surface area contributed by atoms with Crippen molar-refractivity contribution in [3.8, 4) is 22.3 Å². The zero-order chi connectivity index (χ0) is 31.8. The molecule has 2 heteroatoms. The summed E-state index contributed by atoms with van der Waals surface area (Å²) in [5, 5.41) is 0. The summed E-state index contributed by atoms with van der Waals surface area (Å²) in [6.07, 6.45) is 0. The van der Waals surface area contributed by atoms with Crippen LogP contribution in [0, 0.1) is 0 Å². The van der Waals surface area contributed by atoms with Crippen LogP contribution in [0.25, 0.3) is 33.3 Å². The van der Waals surface area contributed by atoms with Crippen LogP contribution in [-0.2, 0) is 21.7 Å². The monoisotopic (exact) mass is 572 g/mol. The number of nitrogens with zero attached hydrogens (tertiary/aromatic N) is 1. The molecule has 43 heavy (non-hydrogen) atoms. The van der Waals surface area contributed by atoms with Crippen LogP contribution in [0.15, 0.2) is 91.0 Å². The van der Waals surface area contributed by atoms with Crippen molar-refractivity contribution >= 4 is 11.0 Å². The number of benzene rings is 4. The second kappa shape index (κ2) is 11.8. The summed E-state index contributed by atoms with van der Waals surface area (Å²) < 4.78 is 0. The highest BCUT2D eigenvalue weighted by Gasteiger charge is 2.19. The maximum absolute atomic E-state index is 4.71. The average molecular weight is 573 g/mol. The van der Waals surface area contributed by atoms with Crippen LogP contribution in [0.3, 0.4) is 0 Å². The third-order valence-electron chi connectivity index (χ3n) is 8.11.